The zero-order chi connectivity index (χ0) is 17.5. The molecule has 7 heteroatoms. The summed E-state index contributed by atoms with van der Waals surface area (Å²) in [7, 11) is -3.68. The van der Waals surface area contributed by atoms with E-state index in [-0.39, 0.29) is 10.0 Å². The van der Waals surface area contributed by atoms with Gasteiger partial charge in [0, 0.05) is 6.54 Å². The third-order valence-corrected chi connectivity index (χ3v) is 4.95. The standard InChI is InChI=1S/C16H26N2O3S2/c1-5-6-9-17-16(22)18-23(19,20)15-8-7-14(10-13(15)4)21-11-12(2)3/h7-8,10,12H,5-6,9,11H2,1-4H3,(H2,17,18,22). The topological polar surface area (TPSA) is 67.4 Å². The molecule has 130 valence electrons. The molecular formula is C16H26N2O3S2. The highest BCUT2D eigenvalue weighted by atomic mass is 32.2. The zero-order valence-corrected chi connectivity index (χ0v) is 15.8. The summed E-state index contributed by atoms with van der Waals surface area (Å²) in [6.45, 7) is 9.16. The lowest BCUT2D eigenvalue weighted by atomic mass is 10.2. The van der Waals surface area contributed by atoms with Gasteiger partial charge < -0.3 is 10.1 Å². The van der Waals surface area contributed by atoms with E-state index in [1.54, 1.807) is 25.1 Å². The Labute approximate surface area is 144 Å². The van der Waals surface area contributed by atoms with Gasteiger partial charge in [-0.15, -0.1) is 0 Å². The molecule has 5 nitrogen and oxygen atoms in total. The molecule has 0 radical (unpaired) electrons. The maximum absolute atomic E-state index is 12.4. The van der Waals surface area contributed by atoms with Gasteiger partial charge in [0.15, 0.2) is 5.11 Å². The summed E-state index contributed by atoms with van der Waals surface area (Å²) in [5, 5.41) is 3.01. The van der Waals surface area contributed by atoms with Crippen molar-refractivity contribution in [2.45, 2.75) is 45.4 Å². The van der Waals surface area contributed by atoms with Crippen molar-refractivity contribution in [3.8, 4) is 5.75 Å². The summed E-state index contributed by atoms with van der Waals surface area (Å²) in [4.78, 5) is 0.203. The number of hydrogen-bond acceptors (Lipinski definition) is 4. The number of thiocarbonyl (C=S) groups is 1. The molecule has 0 saturated heterocycles. The first-order valence-electron chi connectivity index (χ1n) is 7.80. The molecule has 0 amide bonds. The third kappa shape index (κ3) is 6.74. The van der Waals surface area contributed by atoms with E-state index >= 15 is 0 Å². The molecule has 0 bridgehead atoms. The summed E-state index contributed by atoms with van der Waals surface area (Å²) in [6.07, 6.45) is 1.95. The average Bonchev–Trinajstić information content (AvgIpc) is 2.44. The van der Waals surface area contributed by atoms with Crippen LogP contribution in [-0.4, -0.2) is 26.7 Å². The summed E-state index contributed by atoms with van der Waals surface area (Å²) in [6, 6.07) is 4.93. The van der Waals surface area contributed by atoms with Gasteiger partial charge in [-0.25, -0.2) is 8.42 Å². The van der Waals surface area contributed by atoms with Crippen molar-refractivity contribution >= 4 is 27.4 Å². The first-order chi connectivity index (χ1) is 10.8. The first-order valence-corrected chi connectivity index (χ1v) is 9.69. The number of ether oxygens (including phenoxy) is 1. The minimum atomic E-state index is -3.68. The van der Waals surface area contributed by atoms with Crippen molar-refractivity contribution < 1.29 is 13.2 Å². The van der Waals surface area contributed by atoms with Gasteiger partial charge in [-0.2, -0.15) is 0 Å². The van der Waals surface area contributed by atoms with Crippen LogP contribution in [0.2, 0.25) is 0 Å². The second kappa shape index (κ2) is 9.08. The van der Waals surface area contributed by atoms with Crippen molar-refractivity contribution in [2.75, 3.05) is 13.2 Å². The second-order valence-electron chi connectivity index (χ2n) is 5.85. The Morgan fingerprint density at radius 1 is 1.35 bits per heavy atom. The molecule has 0 aromatic heterocycles. The number of benzene rings is 1. The quantitative estimate of drug-likeness (QED) is 0.552. The van der Waals surface area contributed by atoms with Gasteiger partial charge in [0.2, 0.25) is 0 Å². The van der Waals surface area contributed by atoms with Gasteiger partial charge in [0.25, 0.3) is 10.0 Å². The Bertz CT molecular complexity index is 628. The van der Waals surface area contributed by atoms with E-state index in [0.29, 0.717) is 30.4 Å². The summed E-state index contributed by atoms with van der Waals surface area (Å²) < 4.78 is 32.8. The second-order valence-corrected chi connectivity index (χ2v) is 7.91. The Balaban J connectivity index is 2.78. The lowest BCUT2D eigenvalue weighted by molar-refractivity contribution is 0.270. The van der Waals surface area contributed by atoms with Crippen LogP contribution in [0.5, 0.6) is 5.75 Å². The molecule has 0 aliphatic carbocycles. The van der Waals surface area contributed by atoms with E-state index in [1.807, 2.05) is 0 Å². The molecule has 0 aliphatic rings. The van der Waals surface area contributed by atoms with Crippen molar-refractivity contribution in [3.05, 3.63) is 23.8 Å². The van der Waals surface area contributed by atoms with E-state index < -0.39 is 10.0 Å². The van der Waals surface area contributed by atoms with E-state index in [2.05, 4.69) is 30.8 Å². The fourth-order valence-corrected chi connectivity index (χ4v) is 3.46. The van der Waals surface area contributed by atoms with Crippen LogP contribution < -0.4 is 14.8 Å². The van der Waals surface area contributed by atoms with Crippen molar-refractivity contribution in [2.24, 2.45) is 5.92 Å². The van der Waals surface area contributed by atoms with Crippen LogP contribution in [0, 0.1) is 12.8 Å². The lowest BCUT2D eigenvalue weighted by Crippen LogP contribution is -2.39. The van der Waals surface area contributed by atoms with Crippen molar-refractivity contribution in [1.82, 2.24) is 10.0 Å². The zero-order valence-electron chi connectivity index (χ0n) is 14.2. The minimum absolute atomic E-state index is 0.123. The normalized spacial score (nSPS) is 11.3. The Hall–Kier alpha value is -1.34. The molecule has 0 spiro atoms. The molecule has 23 heavy (non-hydrogen) atoms. The molecular weight excluding hydrogens is 332 g/mol. The van der Waals surface area contributed by atoms with Crippen LogP contribution in [0.3, 0.4) is 0 Å². The average molecular weight is 359 g/mol. The van der Waals surface area contributed by atoms with Gasteiger partial charge in [-0.05, 0) is 55.2 Å². The molecule has 0 fully saturated rings. The predicted molar refractivity (Wildman–Crippen MR) is 97.3 cm³/mol. The van der Waals surface area contributed by atoms with E-state index in [1.165, 1.54) is 0 Å². The molecule has 1 aromatic rings. The SMILES string of the molecule is CCCCNC(=S)NS(=O)(=O)c1ccc(OCC(C)C)cc1C. The van der Waals surface area contributed by atoms with Crippen LogP contribution >= 0.6 is 12.2 Å². The summed E-state index contributed by atoms with van der Waals surface area (Å²) in [5.41, 5.74) is 0.620. The first kappa shape index (κ1) is 19.7. The van der Waals surface area contributed by atoms with E-state index in [0.717, 1.165) is 12.8 Å². The fourth-order valence-electron chi connectivity index (χ4n) is 1.87. The van der Waals surface area contributed by atoms with Crippen LogP contribution in [0.4, 0.5) is 0 Å². The van der Waals surface area contributed by atoms with Gasteiger partial charge in [0.05, 0.1) is 11.5 Å². The van der Waals surface area contributed by atoms with Crippen LogP contribution in [0.15, 0.2) is 23.1 Å². The van der Waals surface area contributed by atoms with Crippen LogP contribution in [0.25, 0.3) is 0 Å². The van der Waals surface area contributed by atoms with Gasteiger partial charge in [-0.1, -0.05) is 27.2 Å². The van der Waals surface area contributed by atoms with Gasteiger partial charge in [-0.3, -0.25) is 4.72 Å². The third-order valence-electron chi connectivity index (χ3n) is 3.06. The molecule has 0 atom stereocenters. The molecule has 0 unspecified atom stereocenters. The number of nitrogens with one attached hydrogen (secondary N) is 2. The maximum Gasteiger partial charge on any atom is 0.263 e. The van der Waals surface area contributed by atoms with Crippen molar-refractivity contribution in [3.63, 3.8) is 0 Å². The monoisotopic (exact) mass is 358 g/mol. The van der Waals surface area contributed by atoms with Crippen LogP contribution in [0.1, 0.15) is 39.2 Å². The predicted octanol–water partition coefficient (Wildman–Crippen LogP) is 2.98. The molecule has 1 aromatic carbocycles. The Morgan fingerprint density at radius 2 is 2.04 bits per heavy atom. The minimum Gasteiger partial charge on any atom is -0.493 e. The summed E-state index contributed by atoms with van der Waals surface area (Å²) in [5.74, 6) is 1.07. The number of unbranched alkanes of at least 4 members (excludes halogenated alkanes) is 1. The number of aryl methyl sites for hydroxylation is 1. The summed E-state index contributed by atoms with van der Waals surface area (Å²) >= 11 is 5.03. The highest BCUT2D eigenvalue weighted by Gasteiger charge is 2.18. The van der Waals surface area contributed by atoms with E-state index in [4.69, 9.17) is 17.0 Å². The fraction of sp³-hybridized carbons (Fsp3) is 0.562. The molecule has 0 aliphatic heterocycles. The van der Waals surface area contributed by atoms with E-state index in [9.17, 15) is 8.42 Å². The smallest absolute Gasteiger partial charge is 0.263 e. The Kier molecular flexibility index (Phi) is 7.78. The molecule has 2 N–H and O–H groups in total. The molecule has 0 saturated carbocycles. The molecule has 0 heterocycles. The largest absolute Gasteiger partial charge is 0.493 e. The number of sulfonamides is 1. The van der Waals surface area contributed by atoms with Crippen LogP contribution in [-0.2, 0) is 10.0 Å². The lowest BCUT2D eigenvalue weighted by Gasteiger charge is -2.14. The number of hydrogen-bond donors (Lipinski definition) is 2. The Morgan fingerprint density at radius 3 is 2.61 bits per heavy atom. The molecule has 1 rings (SSSR count). The highest BCUT2D eigenvalue weighted by molar-refractivity contribution is 7.91. The maximum atomic E-state index is 12.4. The van der Waals surface area contributed by atoms with Gasteiger partial charge >= 0.3 is 0 Å². The number of rotatable bonds is 8. The van der Waals surface area contributed by atoms with Crippen molar-refractivity contribution in [1.29, 1.82) is 0 Å². The highest BCUT2D eigenvalue weighted by Crippen LogP contribution is 2.21. The van der Waals surface area contributed by atoms with Gasteiger partial charge in [0.1, 0.15) is 5.75 Å².